The Morgan fingerprint density at radius 3 is 2.36 bits per heavy atom. The van der Waals surface area contributed by atoms with Crippen molar-refractivity contribution >= 4 is 11.6 Å². The van der Waals surface area contributed by atoms with Gasteiger partial charge in [0.1, 0.15) is 0 Å². The monoisotopic (exact) mass is 192 g/mol. The first-order chi connectivity index (χ1) is 6.77. The number of ketones is 2. The summed E-state index contributed by atoms with van der Waals surface area (Å²) >= 11 is 0. The molecule has 0 unspecified atom stereocenters. The van der Waals surface area contributed by atoms with Crippen molar-refractivity contribution < 1.29 is 9.59 Å². The van der Waals surface area contributed by atoms with Crippen molar-refractivity contribution in [3.63, 3.8) is 0 Å². The molecule has 0 heterocycles. The van der Waals surface area contributed by atoms with Crippen molar-refractivity contribution in [2.24, 2.45) is 5.92 Å². The van der Waals surface area contributed by atoms with Gasteiger partial charge in [-0.2, -0.15) is 0 Å². The summed E-state index contributed by atoms with van der Waals surface area (Å²) in [5, 5.41) is 0. The molecule has 0 radical (unpaired) electrons. The molecule has 0 saturated heterocycles. The van der Waals surface area contributed by atoms with Gasteiger partial charge in [0, 0.05) is 12.3 Å². The van der Waals surface area contributed by atoms with Crippen molar-refractivity contribution in [1.29, 1.82) is 0 Å². The van der Waals surface area contributed by atoms with Crippen LogP contribution in [0.2, 0.25) is 0 Å². The summed E-state index contributed by atoms with van der Waals surface area (Å²) in [6, 6.07) is 0. The van der Waals surface area contributed by atoms with Gasteiger partial charge in [0.2, 0.25) is 0 Å². The molecule has 2 nitrogen and oxygen atoms in total. The first-order valence-electron chi connectivity index (χ1n) is 5.55. The predicted octanol–water partition coefficient (Wildman–Crippen LogP) is 2.43. The second-order valence-corrected chi connectivity index (χ2v) is 4.33. The SMILES string of the molecule is O=C1CC/C1=C/C(=O)C1CCCCC1. The summed E-state index contributed by atoms with van der Waals surface area (Å²) < 4.78 is 0. The summed E-state index contributed by atoms with van der Waals surface area (Å²) in [6.45, 7) is 0. The van der Waals surface area contributed by atoms with Gasteiger partial charge < -0.3 is 0 Å². The lowest BCUT2D eigenvalue weighted by molar-refractivity contribution is -0.121. The van der Waals surface area contributed by atoms with Gasteiger partial charge in [-0.3, -0.25) is 9.59 Å². The fourth-order valence-corrected chi connectivity index (χ4v) is 2.20. The Hall–Kier alpha value is -0.920. The van der Waals surface area contributed by atoms with E-state index in [1.807, 2.05) is 0 Å². The molecule has 0 aromatic carbocycles. The van der Waals surface area contributed by atoms with Crippen LogP contribution in [0, 0.1) is 5.92 Å². The Labute approximate surface area is 84.4 Å². The van der Waals surface area contributed by atoms with E-state index in [-0.39, 0.29) is 17.5 Å². The highest BCUT2D eigenvalue weighted by molar-refractivity contribution is 6.07. The van der Waals surface area contributed by atoms with Gasteiger partial charge in [-0.1, -0.05) is 19.3 Å². The topological polar surface area (TPSA) is 34.1 Å². The lowest BCUT2D eigenvalue weighted by Crippen LogP contribution is -2.20. The molecular formula is C12H16O2. The van der Waals surface area contributed by atoms with E-state index in [0.29, 0.717) is 6.42 Å². The van der Waals surface area contributed by atoms with Crippen LogP contribution in [-0.2, 0) is 9.59 Å². The quantitative estimate of drug-likeness (QED) is 0.630. The van der Waals surface area contributed by atoms with Crippen LogP contribution in [-0.4, -0.2) is 11.6 Å². The van der Waals surface area contributed by atoms with E-state index in [0.717, 1.165) is 24.8 Å². The van der Waals surface area contributed by atoms with Gasteiger partial charge in [-0.15, -0.1) is 0 Å². The number of Topliss-reactive ketones (excluding diaryl/α,β-unsaturated/α-hetero) is 1. The molecular weight excluding hydrogens is 176 g/mol. The van der Waals surface area contributed by atoms with Crippen molar-refractivity contribution in [2.75, 3.05) is 0 Å². The molecule has 76 valence electrons. The van der Waals surface area contributed by atoms with E-state index in [1.165, 1.54) is 19.3 Å². The second-order valence-electron chi connectivity index (χ2n) is 4.33. The molecule has 2 rings (SSSR count). The summed E-state index contributed by atoms with van der Waals surface area (Å²) in [7, 11) is 0. The van der Waals surface area contributed by atoms with Crippen molar-refractivity contribution in [3.8, 4) is 0 Å². The van der Waals surface area contributed by atoms with Crippen LogP contribution < -0.4 is 0 Å². The average molecular weight is 192 g/mol. The van der Waals surface area contributed by atoms with E-state index in [4.69, 9.17) is 0 Å². The predicted molar refractivity (Wildman–Crippen MR) is 53.9 cm³/mol. The smallest absolute Gasteiger partial charge is 0.159 e. The maximum absolute atomic E-state index is 11.7. The van der Waals surface area contributed by atoms with Crippen molar-refractivity contribution in [3.05, 3.63) is 11.6 Å². The van der Waals surface area contributed by atoms with Crippen LogP contribution >= 0.6 is 0 Å². The molecule has 0 atom stereocenters. The minimum Gasteiger partial charge on any atom is -0.295 e. The van der Waals surface area contributed by atoms with Gasteiger partial charge in [-0.25, -0.2) is 0 Å². The maximum atomic E-state index is 11.7. The van der Waals surface area contributed by atoms with E-state index >= 15 is 0 Å². The fourth-order valence-electron chi connectivity index (χ4n) is 2.20. The molecule has 2 fully saturated rings. The standard InChI is InChI=1S/C12H16O2/c13-11-7-6-10(11)8-12(14)9-4-2-1-3-5-9/h8-9H,1-7H2/b10-8-. The third-order valence-electron chi connectivity index (χ3n) is 3.30. The fraction of sp³-hybridized carbons (Fsp3) is 0.667. The lowest BCUT2D eigenvalue weighted by Gasteiger charge is -2.20. The molecule has 14 heavy (non-hydrogen) atoms. The Kier molecular flexibility index (Phi) is 2.80. The number of hydrogen-bond donors (Lipinski definition) is 0. The molecule has 2 aliphatic rings. The third-order valence-corrected chi connectivity index (χ3v) is 3.30. The van der Waals surface area contributed by atoms with Crippen LogP contribution in [0.25, 0.3) is 0 Å². The van der Waals surface area contributed by atoms with Crippen molar-refractivity contribution in [2.45, 2.75) is 44.9 Å². The van der Waals surface area contributed by atoms with Crippen LogP contribution in [0.3, 0.4) is 0 Å². The minimum absolute atomic E-state index is 0.175. The van der Waals surface area contributed by atoms with Crippen LogP contribution in [0.5, 0.6) is 0 Å². The van der Waals surface area contributed by atoms with Gasteiger partial charge >= 0.3 is 0 Å². The number of carbonyl (C=O) groups is 2. The zero-order valence-corrected chi connectivity index (χ0v) is 8.42. The van der Waals surface area contributed by atoms with Crippen LogP contribution in [0.15, 0.2) is 11.6 Å². The number of allylic oxidation sites excluding steroid dienone is 2. The molecule has 0 aliphatic heterocycles. The van der Waals surface area contributed by atoms with Gasteiger partial charge in [0.25, 0.3) is 0 Å². The normalized spacial score (nSPS) is 26.3. The van der Waals surface area contributed by atoms with Crippen molar-refractivity contribution in [1.82, 2.24) is 0 Å². The van der Waals surface area contributed by atoms with E-state index in [2.05, 4.69) is 0 Å². The lowest BCUT2D eigenvalue weighted by atomic mass is 9.83. The first-order valence-corrected chi connectivity index (χ1v) is 5.55. The van der Waals surface area contributed by atoms with E-state index in [1.54, 1.807) is 6.08 Å². The molecule has 0 amide bonds. The zero-order valence-electron chi connectivity index (χ0n) is 8.42. The largest absolute Gasteiger partial charge is 0.295 e. The molecule has 2 aliphatic carbocycles. The Bertz CT molecular complexity index is 283. The average Bonchev–Trinajstić information content (AvgIpc) is 2.24. The summed E-state index contributed by atoms with van der Waals surface area (Å²) in [4.78, 5) is 22.7. The first kappa shape index (κ1) is 9.63. The summed E-state index contributed by atoms with van der Waals surface area (Å²) in [6.07, 6.45) is 8.73. The third kappa shape index (κ3) is 1.94. The van der Waals surface area contributed by atoms with Gasteiger partial charge in [-0.05, 0) is 30.9 Å². The van der Waals surface area contributed by atoms with Crippen LogP contribution in [0.4, 0.5) is 0 Å². The Balaban J connectivity index is 1.94. The van der Waals surface area contributed by atoms with Gasteiger partial charge in [0.05, 0.1) is 0 Å². The molecule has 0 aromatic heterocycles. The second kappa shape index (κ2) is 4.07. The number of hydrogen-bond acceptors (Lipinski definition) is 2. The minimum atomic E-state index is 0.175. The highest BCUT2D eigenvalue weighted by Gasteiger charge is 2.24. The Morgan fingerprint density at radius 1 is 1.14 bits per heavy atom. The summed E-state index contributed by atoms with van der Waals surface area (Å²) in [5.74, 6) is 0.589. The molecule has 0 aromatic rings. The number of carbonyl (C=O) groups excluding carboxylic acids is 2. The molecule has 0 bridgehead atoms. The zero-order chi connectivity index (χ0) is 9.97. The number of rotatable bonds is 2. The molecule has 0 N–H and O–H groups in total. The molecule has 2 saturated carbocycles. The highest BCUT2D eigenvalue weighted by atomic mass is 16.1. The maximum Gasteiger partial charge on any atom is 0.159 e. The molecule has 2 heteroatoms. The molecule has 0 spiro atoms. The van der Waals surface area contributed by atoms with Gasteiger partial charge in [0.15, 0.2) is 11.6 Å². The Morgan fingerprint density at radius 2 is 1.86 bits per heavy atom. The highest BCUT2D eigenvalue weighted by Crippen LogP contribution is 2.27. The van der Waals surface area contributed by atoms with E-state index < -0.39 is 0 Å². The summed E-state index contributed by atoms with van der Waals surface area (Å²) in [5.41, 5.74) is 0.764. The van der Waals surface area contributed by atoms with E-state index in [9.17, 15) is 9.59 Å². The van der Waals surface area contributed by atoms with Crippen LogP contribution in [0.1, 0.15) is 44.9 Å².